The molecule has 0 atom stereocenters. The van der Waals surface area contributed by atoms with Gasteiger partial charge in [0.2, 0.25) is 0 Å². The number of amides is 1. The smallest absolute Gasteiger partial charge is 0.337 e. The Morgan fingerprint density at radius 1 is 0.923 bits per heavy atom. The number of carbonyl (C=O) groups is 3. The summed E-state index contributed by atoms with van der Waals surface area (Å²) in [6, 6.07) is 11.5. The number of ether oxygens (including phenoxy) is 3. The lowest BCUT2D eigenvalue weighted by molar-refractivity contribution is -0.118. The van der Waals surface area contributed by atoms with E-state index in [0.29, 0.717) is 5.75 Å². The van der Waals surface area contributed by atoms with Crippen molar-refractivity contribution in [3.05, 3.63) is 59.2 Å². The number of anilines is 1. The van der Waals surface area contributed by atoms with Gasteiger partial charge in [-0.1, -0.05) is 18.2 Å². The van der Waals surface area contributed by atoms with E-state index in [9.17, 15) is 14.4 Å². The van der Waals surface area contributed by atoms with E-state index in [0.717, 1.165) is 5.56 Å². The third-order valence-electron chi connectivity index (χ3n) is 3.51. The van der Waals surface area contributed by atoms with Gasteiger partial charge in [0.15, 0.2) is 6.61 Å². The van der Waals surface area contributed by atoms with Gasteiger partial charge in [-0.25, -0.2) is 9.59 Å². The average Bonchev–Trinajstić information content (AvgIpc) is 2.65. The van der Waals surface area contributed by atoms with Crippen LogP contribution in [-0.4, -0.2) is 38.7 Å². The quantitative estimate of drug-likeness (QED) is 0.799. The molecule has 0 saturated heterocycles. The van der Waals surface area contributed by atoms with Crippen LogP contribution in [0.25, 0.3) is 0 Å². The van der Waals surface area contributed by atoms with Crippen LogP contribution in [0.5, 0.6) is 5.75 Å². The molecule has 0 unspecified atom stereocenters. The molecule has 0 saturated carbocycles. The molecule has 7 heteroatoms. The zero-order valence-electron chi connectivity index (χ0n) is 14.7. The maximum absolute atomic E-state index is 12.1. The number of nitrogens with one attached hydrogen (secondary N) is 1. The van der Waals surface area contributed by atoms with Crippen molar-refractivity contribution in [2.24, 2.45) is 0 Å². The highest BCUT2D eigenvalue weighted by atomic mass is 16.5. The minimum absolute atomic E-state index is 0.116. The van der Waals surface area contributed by atoms with E-state index in [2.05, 4.69) is 14.8 Å². The van der Waals surface area contributed by atoms with Crippen LogP contribution in [-0.2, 0) is 14.3 Å². The Bertz CT molecular complexity index is 796. The second kappa shape index (κ2) is 8.66. The molecule has 0 bridgehead atoms. The summed E-state index contributed by atoms with van der Waals surface area (Å²) < 4.78 is 14.8. The summed E-state index contributed by atoms with van der Waals surface area (Å²) in [5.74, 6) is -1.11. The van der Waals surface area contributed by atoms with Crippen molar-refractivity contribution in [3.63, 3.8) is 0 Å². The summed E-state index contributed by atoms with van der Waals surface area (Å²) in [5, 5.41) is 2.59. The second-order valence-electron chi connectivity index (χ2n) is 5.38. The van der Waals surface area contributed by atoms with Gasteiger partial charge in [-0.2, -0.15) is 0 Å². The van der Waals surface area contributed by atoms with Gasteiger partial charge in [-0.15, -0.1) is 0 Å². The van der Waals surface area contributed by atoms with Crippen molar-refractivity contribution >= 4 is 23.5 Å². The first kappa shape index (κ1) is 19.0. The summed E-state index contributed by atoms with van der Waals surface area (Å²) >= 11 is 0. The SMILES string of the molecule is COC(=O)c1cc(NC(=O)COc2ccccc2C)cc(C(=O)OC)c1. The number of hydrogen-bond donors (Lipinski definition) is 1. The van der Waals surface area contributed by atoms with E-state index >= 15 is 0 Å². The van der Waals surface area contributed by atoms with Gasteiger partial charge in [0.1, 0.15) is 5.75 Å². The molecular formula is C19H19NO6. The highest BCUT2D eigenvalue weighted by Gasteiger charge is 2.15. The normalized spacial score (nSPS) is 9.96. The van der Waals surface area contributed by atoms with Crippen molar-refractivity contribution in [1.29, 1.82) is 0 Å². The number of hydrogen-bond acceptors (Lipinski definition) is 6. The number of benzene rings is 2. The molecule has 7 nitrogen and oxygen atoms in total. The van der Waals surface area contributed by atoms with Gasteiger partial charge >= 0.3 is 11.9 Å². The lowest BCUT2D eigenvalue weighted by Gasteiger charge is -2.11. The van der Waals surface area contributed by atoms with E-state index in [1.165, 1.54) is 32.4 Å². The molecule has 2 rings (SSSR count). The Kier molecular flexibility index (Phi) is 6.32. The molecular weight excluding hydrogens is 338 g/mol. The summed E-state index contributed by atoms with van der Waals surface area (Å²) in [7, 11) is 2.45. The highest BCUT2D eigenvalue weighted by molar-refractivity contribution is 5.99. The molecule has 2 aromatic carbocycles. The van der Waals surface area contributed by atoms with Gasteiger partial charge in [-0.3, -0.25) is 4.79 Å². The fourth-order valence-electron chi connectivity index (χ4n) is 2.23. The molecule has 0 radical (unpaired) electrons. The molecule has 0 aliphatic carbocycles. The Hall–Kier alpha value is -3.35. The topological polar surface area (TPSA) is 90.9 Å². The maximum atomic E-state index is 12.1. The molecule has 26 heavy (non-hydrogen) atoms. The fourth-order valence-corrected chi connectivity index (χ4v) is 2.23. The van der Waals surface area contributed by atoms with Gasteiger partial charge in [-0.05, 0) is 36.8 Å². The van der Waals surface area contributed by atoms with Crippen LogP contribution in [0.2, 0.25) is 0 Å². The van der Waals surface area contributed by atoms with E-state index in [-0.39, 0.29) is 23.4 Å². The van der Waals surface area contributed by atoms with Crippen LogP contribution >= 0.6 is 0 Å². The number of methoxy groups -OCH3 is 2. The number of para-hydroxylation sites is 1. The molecule has 0 aliphatic rings. The number of aryl methyl sites for hydroxylation is 1. The van der Waals surface area contributed by atoms with Crippen LogP contribution in [0.4, 0.5) is 5.69 Å². The average molecular weight is 357 g/mol. The minimum atomic E-state index is -0.637. The van der Waals surface area contributed by atoms with Crippen LogP contribution in [0.1, 0.15) is 26.3 Å². The summed E-state index contributed by atoms with van der Waals surface area (Å²) in [5.41, 5.74) is 1.39. The standard InChI is InChI=1S/C19H19NO6/c1-12-6-4-5-7-16(12)26-11-17(21)20-15-9-13(18(22)24-2)8-14(10-15)19(23)25-3/h4-10H,11H2,1-3H3,(H,20,21). The van der Waals surface area contributed by atoms with E-state index < -0.39 is 17.8 Å². The van der Waals surface area contributed by atoms with Crippen molar-refractivity contribution in [1.82, 2.24) is 0 Å². The Labute approximate surface area is 150 Å². The third kappa shape index (κ3) is 4.83. The number of esters is 2. The van der Waals surface area contributed by atoms with Crippen molar-refractivity contribution in [2.45, 2.75) is 6.92 Å². The first-order chi connectivity index (χ1) is 12.4. The molecule has 0 fully saturated rings. The first-order valence-corrected chi connectivity index (χ1v) is 7.74. The fraction of sp³-hybridized carbons (Fsp3) is 0.211. The third-order valence-corrected chi connectivity index (χ3v) is 3.51. The predicted molar refractivity (Wildman–Crippen MR) is 94.4 cm³/mol. The zero-order chi connectivity index (χ0) is 19.1. The minimum Gasteiger partial charge on any atom is -0.483 e. The lowest BCUT2D eigenvalue weighted by atomic mass is 10.1. The van der Waals surface area contributed by atoms with Gasteiger partial charge < -0.3 is 19.5 Å². The summed E-state index contributed by atoms with van der Waals surface area (Å²) in [6.45, 7) is 1.65. The van der Waals surface area contributed by atoms with Crippen LogP contribution in [0.15, 0.2) is 42.5 Å². The number of carbonyl (C=O) groups excluding carboxylic acids is 3. The van der Waals surface area contributed by atoms with Crippen LogP contribution in [0, 0.1) is 6.92 Å². The molecule has 0 aliphatic heterocycles. The van der Waals surface area contributed by atoms with E-state index in [4.69, 9.17) is 4.74 Å². The monoisotopic (exact) mass is 357 g/mol. The van der Waals surface area contributed by atoms with Crippen LogP contribution in [0.3, 0.4) is 0 Å². The van der Waals surface area contributed by atoms with Gasteiger partial charge in [0.05, 0.1) is 25.3 Å². The predicted octanol–water partition coefficient (Wildman–Crippen LogP) is 2.59. The molecule has 0 aromatic heterocycles. The highest BCUT2D eigenvalue weighted by Crippen LogP contribution is 2.18. The Balaban J connectivity index is 2.14. The summed E-state index contributed by atoms with van der Waals surface area (Å²) in [6.07, 6.45) is 0. The van der Waals surface area contributed by atoms with Gasteiger partial charge in [0.25, 0.3) is 5.91 Å². The summed E-state index contributed by atoms with van der Waals surface area (Å²) in [4.78, 5) is 35.6. The van der Waals surface area contributed by atoms with E-state index in [1.807, 2.05) is 25.1 Å². The first-order valence-electron chi connectivity index (χ1n) is 7.74. The lowest BCUT2D eigenvalue weighted by Crippen LogP contribution is -2.21. The van der Waals surface area contributed by atoms with Crippen molar-refractivity contribution in [2.75, 3.05) is 26.1 Å². The molecule has 136 valence electrons. The molecule has 0 spiro atoms. The maximum Gasteiger partial charge on any atom is 0.337 e. The van der Waals surface area contributed by atoms with Gasteiger partial charge in [0, 0.05) is 5.69 Å². The largest absolute Gasteiger partial charge is 0.483 e. The second-order valence-corrected chi connectivity index (χ2v) is 5.38. The molecule has 1 amide bonds. The molecule has 0 heterocycles. The Morgan fingerprint density at radius 2 is 1.50 bits per heavy atom. The van der Waals surface area contributed by atoms with E-state index in [1.54, 1.807) is 6.07 Å². The zero-order valence-corrected chi connectivity index (χ0v) is 14.7. The van der Waals surface area contributed by atoms with Crippen LogP contribution < -0.4 is 10.1 Å². The number of rotatable bonds is 6. The van der Waals surface area contributed by atoms with Crippen molar-refractivity contribution < 1.29 is 28.6 Å². The molecule has 2 aromatic rings. The van der Waals surface area contributed by atoms with Crippen molar-refractivity contribution in [3.8, 4) is 5.75 Å². The molecule has 1 N–H and O–H groups in total. The Morgan fingerprint density at radius 3 is 2.04 bits per heavy atom.